The second kappa shape index (κ2) is 10.2. The van der Waals surface area contributed by atoms with Crippen molar-refractivity contribution in [3.05, 3.63) is 82.5 Å². The van der Waals surface area contributed by atoms with Gasteiger partial charge in [-0.15, -0.1) is 0 Å². The van der Waals surface area contributed by atoms with Crippen molar-refractivity contribution in [2.45, 2.75) is 13.8 Å². The molecule has 0 unspecified atom stereocenters. The molecule has 1 heterocycles. The molecular weight excluding hydrogens is 473 g/mol. The molecule has 0 aliphatic rings. The van der Waals surface area contributed by atoms with E-state index < -0.39 is 0 Å². The van der Waals surface area contributed by atoms with E-state index in [9.17, 15) is 4.79 Å². The van der Waals surface area contributed by atoms with Crippen molar-refractivity contribution in [1.29, 1.82) is 0 Å². The van der Waals surface area contributed by atoms with Gasteiger partial charge in [0.25, 0.3) is 0 Å². The molecule has 34 heavy (non-hydrogen) atoms. The van der Waals surface area contributed by atoms with Crippen molar-refractivity contribution in [2.75, 3.05) is 19.0 Å². The average molecular weight is 496 g/mol. The maximum atomic E-state index is 12.7. The van der Waals surface area contributed by atoms with Gasteiger partial charge in [-0.25, -0.2) is 0 Å². The van der Waals surface area contributed by atoms with Crippen LogP contribution in [-0.2, 0) is 4.79 Å². The number of rotatable bonds is 7. The molecule has 1 amide bonds. The minimum atomic E-state index is -0.286. The Balaban J connectivity index is 1.69. The summed E-state index contributed by atoms with van der Waals surface area (Å²) in [5.74, 6) is 0.894. The van der Waals surface area contributed by atoms with Crippen LogP contribution in [0, 0.1) is 0 Å². The van der Waals surface area contributed by atoms with Gasteiger partial charge in [-0.05, 0) is 61.4 Å². The summed E-state index contributed by atoms with van der Waals surface area (Å²) in [4.78, 5) is 12.7. The van der Waals surface area contributed by atoms with Crippen molar-refractivity contribution < 1.29 is 18.7 Å². The second-order valence-corrected chi connectivity index (χ2v) is 8.44. The monoisotopic (exact) mass is 495 g/mol. The van der Waals surface area contributed by atoms with Gasteiger partial charge in [0.15, 0.2) is 0 Å². The summed E-state index contributed by atoms with van der Waals surface area (Å²) in [5, 5.41) is 4.83. The lowest BCUT2D eigenvalue weighted by atomic mass is 9.99. The zero-order chi connectivity index (χ0) is 24.2. The predicted octanol–water partition coefficient (Wildman–Crippen LogP) is 7.86. The number of ether oxygens (including phenoxy) is 2. The molecule has 1 N–H and O–H groups in total. The number of amides is 1. The number of anilines is 1. The first kappa shape index (κ1) is 23.7. The Labute approximate surface area is 207 Å². The van der Waals surface area contributed by atoms with Crippen LogP contribution in [-0.4, -0.2) is 19.6 Å². The Morgan fingerprint density at radius 1 is 1.06 bits per heavy atom. The maximum Gasteiger partial charge on any atom is 0.248 e. The van der Waals surface area contributed by atoms with Gasteiger partial charge >= 0.3 is 0 Å². The smallest absolute Gasteiger partial charge is 0.248 e. The van der Waals surface area contributed by atoms with Gasteiger partial charge in [-0.1, -0.05) is 35.3 Å². The first-order valence-corrected chi connectivity index (χ1v) is 11.4. The van der Waals surface area contributed by atoms with Crippen LogP contribution >= 0.6 is 23.2 Å². The zero-order valence-corrected chi connectivity index (χ0v) is 20.5. The van der Waals surface area contributed by atoms with E-state index in [4.69, 9.17) is 37.1 Å². The van der Waals surface area contributed by atoms with Crippen molar-refractivity contribution in [2.24, 2.45) is 0 Å². The van der Waals surface area contributed by atoms with Gasteiger partial charge in [-0.2, -0.15) is 0 Å². The summed E-state index contributed by atoms with van der Waals surface area (Å²) in [6.45, 7) is 4.26. The third-order valence-electron chi connectivity index (χ3n) is 5.32. The number of methoxy groups -OCH3 is 1. The lowest BCUT2D eigenvalue weighted by Crippen LogP contribution is -2.09. The van der Waals surface area contributed by atoms with E-state index in [0.717, 1.165) is 27.6 Å². The van der Waals surface area contributed by atoms with Crippen LogP contribution in [0.3, 0.4) is 0 Å². The number of carbonyl (C=O) groups is 1. The average Bonchev–Trinajstić information content (AvgIpc) is 3.22. The van der Waals surface area contributed by atoms with Gasteiger partial charge < -0.3 is 19.2 Å². The first-order chi connectivity index (χ1) is 16.4. The summed E-state index contributed by atoms with van der Waals surface area (Å²) >= 11 is 12.2. The first-order valence-electron chi connectivity index (χ1n) is 10.7. The highest BCUT2D eigenvalue weighted by atomic mass is 35.5. The fraction of sp³-hybridized carbons (Fsp3) is 0.148. The lowest BCUT2D eigenvalue weighted by molar-refractivity contribution is -0.111. The highest BCUT2D eigenvalue weighted by Crippen LogP contribution is 2.38. The molecule has 174 valence electrons. The standard InChI is InChI=1S/C27H23Cl2NO4/c1-4-33-25-14-26-21(22(15-34-26)17-5-7-18(28)8-6-17)13-20(25)16(2)11-27(31)30-19-9-10-24(32-3)23(29)12-19/h5-15H,4H2,1-3H3,(H,30,31)/b16-11+. The minimum Gasteiger partial charge on any atom is -0.495 e. The largest absolute Gasteiger partial charge is 0.495 e. The molecule has 0 aliphatic heterocycles. The normalized spacial score (nSPS) is 11.5. The SMILES string of the molecule is CCOc1cc2occ(-c3ccc(Cl)cc3)c2cc1/C(C)=C/C(=O)Nc1ccc(OC)c(Cl)c1. The quantitative estimate of drug-likeness (QED) is 0.265. The number of hydrogen-bond acceptors (Lipinski definition) is 4. The summed E-state index contributed by atoms with van der Waals surface area (Å²) in [6.07, 6.45) is 3.25. The van der Waals surface area contributed by atoms with E-state index in [1.165, 1.54) is 13.2 Å². The Kier molecular flexibility index (Phi) is 7.15. The lowest BCUT2D eigenvalue weighted by Gasteiger charge is -2.12. The number of halogens is 2. The van der Waals surface area contributed by atoms with E-state index in [1.54, 1.807) is 24.5 Å². The third kappa shape index (κ3) is 5.06. The van der Waals surface area contributed by atoms with E-state index in [-0.39, 0.29) is 5.91 Å². The summed E-state index contributed by atoms with van der Waals surface area (Å²) in [6, 6.07) is 16.5. The number of nitrogens with one attached hydrogen (secondary N) is 1. The summed E-state index contributed by atoms with van der Waals surface area (Å²) in [5.41, 5.74) is 4.72. The van der Waals surface area contributed by atoms with Crippen LogP contribution in [0.1, 0.15) is 19.4 Å². The Bertz CT molecular complexity index is 1370. The van der Waals surface area contributed by atoms with E-state index in [2.05, 4.69) is 5.32 Å². The van der Waals surface area contributed by atoms with Crippen LogP contribution in [0.25, 0.3) is 27.7 Å². The summed E-state index contributed by atoms with van der Waals surface area (Å²) in [7, 11) is 1.54. The molecule has 0 saturated heterocycles. The molecule has 5 nitrogen and oxygen atoms in total. The Hall–Kier alpha value is -3.41. The highest BCUT2D eigenvalue weighted by Gasteiger charge is 2.15. The zero-order valence-electron chi connectivity index (χ0n) is 18.9. The van der Waals surface area contributed by atoms with Crippen LogP contribution < -0.4 is 14.8 Å². The number of benzene rings is 3. The number of carbonyl (C=O) groups excluding carboxylic acids is 1. The maximum absolute atomic E-state index is 12.7. The van der Waals surface area contributed by atoms with Crippen molar-refractivity contribution in [1.82, 2.24) is 0 Å². The number of furan rings is 1. The van der Waals surface area contributed by atoms with Crippen LogP contribution in [0.15, 0.2) is 71.4 Å². The van der Waals surface area contributed by atoms with Crippen molar-refractivity contribution >= 4 is 51.3 Å². The Morgan fingerprint density at radius 3 is 2.50 bits per heavy atom. The van der Waals surface area contributed by atoms with Crippen LogP contribution in [0.5, 0.6) is 11.5 Å². The fourth-order valence-corrected chi connectivity index (χ4v) is 4.07. The van der Waals surface area contributed by atoms with Crippen molar-refractivity contribution in [3.8, 4) is 22.6 Å². The van der Waals surface area contributed by atoms with E-state index in [1.807, 2.05) is 50.2 Å². The predicted molar refractivity (Wildman–Crippen MR) is 138 cm³/mol. The molecule has 4 aromatic rings. The molecule has 7 heteroatoms. The van der Waals surface area contributed by atoms with E-state index >= 15 is 0 Å². The summed E-state index contributed by atoms with van der Waals surface area (Å²) < 4.78 is 16.8. The number of fused-ring (bicyclic) bond motifs is 1. The molecule has 0 spiro atoms. The van der Waals surface area contributed by atoms with E-state index in [0.29, 0.717) is 39.4 Å². The van der Waals surface area contributed by atoms with Gasteiger partial charge in [0.1, 0.15) is 17.1 Å². The minimum absolute atomic E-state index is 0.286. The molecule has 1 aromatic heterocycles. The molecule has 0 saturated carbocycles. The molecule has 0 bridgehead atoms. The van der Waals surface area contributed by atoms with Gasteiger partial charge in [0.05, 0.1) is 25.0 Å². The molecule has 0 radical (unpaired) electrons. The fourth-order valence-electron chi connectivity index (χ4n) is 3.69. The third-order valence-corrected chi connectivity index (χ3v) is 5.87. The Morgan fingerprint density at radius 2 is 1.82 bits per heavy atom. The molecule has 3 aromatic carbocycles. The van der Waals surface area contributed by atoms with Crippen molar-refractivity contribution in [3.63, 3.8) is 0 Å². The molecule has 4 rings (SSSR count). The topological polar surface area (TPSA) is 60.7 Å². The van der Waals surface area contributed by atoms with Gasteiger partial charge in [0.2, 0.25) is 5.91 Å². The van der Waals surface area contributed by atoms with Gasteiger partial charge in [0, 0.05) is 39.4 Å². The van der Waals surface area contributed by atoms with Gasteiger partial charge in [-0.3, -0.25) is 4.79 Å². The second-order valence-electron chi connectivity index (χ2n) is 7.60. The van der Waals surface area contributed by atoms with Crippen LogP contribution in [0.4, 0.5) is 5.69 Å². The molecule has 0 fully saturated rings. The molecular formula is C27H23Cl2NO4. The number of allylic oxidation sites excluding steroid dienone is 1. The number of hydrogen-bond donors (Lipinski definition) is 1. The highest BCUT2D eigenvalue weighted by molar-refractivity contribution is 6.32. The molecule has 0 atom stereocenters. The molecule has 0 aliphatic carbocycles. The van der Waals surface area contributed by atoms with Crippen LogP contribution in [0.2, 0.25) is 10.0 Å².